The van der Waals surface area contributed by atoms with Gasteiger partial charge in [-0.1, -0.05) is 19.1 Å². The van der Waals surface area contributed by atoms with Crippen LogP contribution in [0.3, 0.4) is 0 Å². The van der Waals surface area contributed by atoms with Gasteiger partial charge < -0.3 is 14.5 Å². The lowest BCUT2D eigenvalue weighted by Gasteiger charge is -2.38. The van der Waals surface area contributed by atoms with Gasteiger partial charge in [-0.05, 0) is 18.6 Å². The van der Waals surface area contributed by atoms with Gasteiger partial charge in [0.05, 0.1) is 25.9 Å². The van der Waals surface area contributed by atoms with E-state index in [1.807, 2.05) is 25.1 Å². The molecule has 0 bridgehead atoms. The number of hydrogen-bond donors (Lipinski definition) is 1. The minimum absolute atomic E-state index is 0.0291. The molecule has 1 fully saturated rings. The van der Waals surface area contributed by atoms with Gasteiger partial charge in [0, 0.05) is 22.9 Å². The highest BCUT2D eigenvalue weighted by molar-refractivity contribution is 5.87. The molecule has 1 aromatic carbocycles. The minimum Gasteiger partial charge on any atom is -0.464 e. The fraction of sp³-hybridized carbons (Fsp3) is 0.438. The number of aryl methyl sites for hydroxylation is 1. The highest BCUT2D eigenvalue weighted by Gasteiger charge is 2.33. The second-order valence-electron chi connectivity index (χ2n) is 6.02. The Balaban J connectivity index is 1.65. The van der Waals surface area contributed by atoms with Gasteiger partial charge in [-0.2, -0.15) is 0 Å². The molecule has 1 N–H and O–H groups in total. The minimum atomic E-state index is 0.0291. The zero-order valence-electron chi connectivity index (χ0n) is 11.9. The summed E-state index contributed by atoms with van der Waals surface area (Å²) >= 11 is 0. The van der Waals surface area contributed by atoms with Crippen LogP contribution in [0.15, 0.2) is 28.9 Å². The summed E-state index contributed by atoms with van der Waals surface area (Å²) in [5.41, 5.74) is 3.03. The van der Waals surface area contributed by atoms with Gasteiger partial charge in [0.15, 0.2) is 0 Å². The smallest absolute Gasteiger partial charge is 0.224 e. The van der Waals surface area contributed by atoms with Crippen LogP contribution in [0.4, 0.5) is 0 Å². The van der Waals surface area contributed by atoms with Crippen LogP contribution in [-0.4, -0.2) is 25.7 Å². The van der Waals surface area contributed by atoms with E-state index in [9.17, 15) is 4.79 Å². The van der Waals surface area contributed by atoms with E-state index < -0.39 is 0 Å². The summed E-state index contributed by atoms with van der Waals surface area (Å²) in [5, 5.41) is 4.00. The van der Waals surface area contributed by atoms with E-state index in [1.165, 1.54) is 0 Å². The van der Waals surface area contributed by atoms with Crippen molar-refractivity contribution in [1.82, 2.24) is 5.32 Å². The van der Waals surface area contributed by atoms with Crippen LogP contribution in [0.1, 0.15) is 18.1 Å². The Kier molecular flexibility index (Phi) is 3.26. The molecule has 4 nitrogen and oxygen atoms in total. The van der Waals surface area contributed by atoms with E-state index in [0.717, 1.165) is 35.3 Å². The van der Waals surface area contributed by atoms with Gasteiger partial charge in [0.25, 0.3) is 0 Å². The third-order valence-electron chi connectivity index (χ3n) is 3.78. The van der Waals surface area contributed by atoms with Gasteiger partial charge in [0.1, 0.15) is 5.58 Å². The molecule has 0 spiro atoms. The maximum Gasteiger partial charge on any atom is 0.224 e. The van der Waals surface area contributed by atoms with Crippen molar-refractivity contribution in [3.8, 4) is 0 Å². The predicted octanol–water partition coefficient (Wildman–Crippen LogP) is 2.44. The molecule has 3 rings (SSSR count). The van der Waals surface area contributed by atoms with E-state index in [1.54, 1.807) is 6.26 Å². The van der Waals surface area contributed by atoms with E-state index in [2.05, 4.69) is 12.2 Å². The van der Waals surface area contributed by atoms with Gasteiger partial charge in [-0.3, -0.25) is 4.79 Å². The molecule has 0 atom stereocenters. The number of furan rings is 1. The van der Waals surface area contributed by atoms with Crippen LogP contribution >= 0.6 is 0 Å². The zero-order chi connectivity index (χ0) is 14.2. The Hall–Kier alpha value is -1.81. The molecule has 1 amide bonds. The number of amides is 1. The van der Waals surface area contributed by atoms with Crippen molar-refractivity contribution in [3.05, 3.63) is 35.6 Å². The summed E-state index contributed by atoms with van der Waals surface area (Å²) < 4.78 is 10.7. The zero-order valence-corrected chi connectivity index (χ0v) is 11.9. The second kappa shape index (κ2) is 4.94. The highest BCUT2D eigenvalue weighted by Crippen LogP contribution is 2.25. The summed E-state index contributed by atoms with van der Waals surface area (Å²) in [6.07, 6.45) is 2.03. The quantitative estimate of drug-likeness (QED) is 0.931. The Morgan fingerprint density at radius 2 is 2.20 bits per heavy atom. The molecule has 0 aliphatic carbocycles. The molecule has 0 radical (unpaired) electrons. The van der Waals surface area contributed by atoms with Crippen molar-refractivity contribution < 1.29 is 13.9 Å². The number of fused-ring (bicyclic) bond motifs is 1. The van der Waals surface area contributed by atoms with Crippen molar-refractivity contribution in [1.29, 1.82) is 0 Å². The van der Waals surface area contributed by atoms with Gasteiger partial charge >= 0.3 is 0 Å². The predicted molar refractivity (Wildman–Crippen MR) is 76.6 cm³/mol. The monoisotopic (exact) mass is 273 g/mol. The summed E-state index contributed by atoms with van der Waals surface area (Å²) in [7, 11) is 0. The van der Waals surface area contributed by atoms with Crippen molar-refractivity contribution in [2.75, 3.05) is 19.8 Å². The molecule has 2 heterocycles. The summed E-state index contributed by atoms with van der Waals surface area (Å²) in [6, 6.07) is 6.04. The van der Waals surface area contributed by atoms with E-state index in [0.29, 0.717) is 13.0 Å². The lowest BCUT2D eigenvalue weighted by molar-refractivity contribution is -0.126. The third-order valence-corrected chi connectivity index (χ3v) is 3.78. The van der Waals surface area contributed by atoms with Crippen LogP contribution in [0.5, 0.6) is 0 Å². The number of hydrogen-bond acceptors (Lipinski definition) is 3. The average molecular weight is 273 g/mol. The molecule has 1 aliphatic heterocycles. The first-order chi connectivity index (χ1) is 9.56. The molecular weight excluding hydrogens is 254 g/mol. The van der Waals surface area contributed by atoms with Crippen molar-refractivity contribution in [2.24, 2.45) is 5.41 Å². The fourth-order valence-corrected chi connectivity index (χ4v) is 2.43. The third kappa shape index (κ3) is 2.56. The topological polar surface area (TPSA) is 51.5 Å². The van der Waals surface area contributed by atoms with E-state index in [-0.39, 0.29) is 11.3 Å². The first kappa shape index (κ1) is 13.2. The number of nitrogens with one attached hydrogen (secondary N) is 1. The van der Waals surface area contributed by atoms with Crippen LogP contribution in [0, 0.1) is 12.3 Å². The second-order valence-corrected chi connectivity index (χ2v) is 6.02. The van der Waals surface area contributed by atoms with Gasteiger partial charge in [-0.15, -0.1) is 0 Å². The number of carbonyl (C=O) groups is 1. The number of rotatable bonds is 4. The summed E-state index contributed by atoms with van der Waals surface area (Å²) in [6.45, 7) is 6.26. The molecule has 2 aromatic rings. The lowest BCUT2D eigenvalue weighted by atomic mass is 9.89. The van der Waals surface area contributed by atoms with Gasteiger partial charge in [0.2, 0.25) is 5.91 Å². The first-order valence-corrected chi connectivity index (χ1v) is 6.87. The largest absolute Gasteiger partial charge is 0.464 e. The Labute approximate surface area is 118 Å². The van der Waals surface area contributed by atoms with Crippen LogP contribution in [-0.2, 0) is 16.0 Å². The molecule has 20 heavy (non-hydrogen) atoms. The SMILES string of the molecule is Cc1ccc2c(CC(=O)NCC3(C)COC3)coc2c1. The molecule has 0 saturated carbocycles. The normalized spacial score (nSPS) is 16.9. The molecular formula is C16H19NO3. The first-order valence-electron chi connectivity index (χ1n) is 6.87. The number of benzene rings is 1. The number of ether oxygens (including phenoxy) is 1. The molecule has 1 aliphatic rings. The Morgan fingerprint density at radius 3 is 2.90 bits per heavy atom. The van der Waals surface area contributed by atoms with Crippen LogP contribution in [0.25, 0.3) is 11.0 Å². The average Bonchev–Trinajstić information content (AvgIpc) is 2.76. The van der Waals surface area contributed by atoms with E-state index >= 15 is 0 Å². The molecule has 4 heteroatoms. The summed E-state index contributed by atoms with van der Waals surface area (Å²) in [5.74, 6) is 0.0291. The number of carbonyl (C=O) groups excluding carboxylic acids is 1. The standard InChI is InChI=1S/C16H19NO3/c1-11-3-4-13-12(7-20-14(13)5-11)6-15(18)17-8-16(2)9-19-10-16/h3-5,7H,6,8-10H2,1-2H3,(H,17,18). The van der Waals surface area contributed by atoms with Crippen molar-refractivity contribution in [3.63, 3.8) is 0 Å². The van der Waals surface area contributed by atoms with Crippen LogP contribution < -0.4 is 5.32 Å². The van der Waals surface area contributed by atoms with Crippen molar-refractivity contribution in [2.45, 2.75) is 20.3 Å². The summed E-state index contributed by atoms with van der Waals surface area (Å²) in [4.78, 5) is 12.0. The van der Waals surface area contributed by atoms with Crippen LogP contribution in [0.2, 0.25) is 0 Å². The maximum absolute atomic E-state index is 12.0. The molecule has 1 aromatic heterocycles. The fourth-order valence-electron chi connectivity index (χ4n) is 2.43. The Morgan fingerprint density at radius 1 is 1.40 bits per heavy atom. The highest BCUT2D eigenvalue weighted by atomic mass is 16.5. The molecule has 1 saturated heterocycles. The van der Waals surface area contributed by atoms with Gasteiger partial charge in [-0.25, -0.2) is 0 Å². The molecule has 106 valence electrons. The van der Waals surface area contributed by atoms with Crippen molar-refractivity contribution >= 4 is 16.9 Å². The van der Waals surface area contributed by atoms with E-state index in [4.69, 9.17) is 9.15 Å². The lowest BCUT2D eigenvalue weighted by Crippen LogP contribution is -2.48. The Bertz CT molecular complexity index is 640. The molecule has 0 unspecified atom stereocenters. The maximum atomic E-state index is 12.0.